The van der Waals surface area contributed by atoms with Crippen molar-refractivity contribution in [2.24, 2.45) is 0 Å². The second-order valence-corrected chi connectivity index (χ2v) is 8.54. The molecule has 8 nitrogen and oxygen atoms in total. The number of carbonyl (C=O) groups is 3. The fourth-order valence-electron chi connectivity index (χ4n) is 3.94. The number of aliphatic hydroxyl groups excluding tert-OH is 1. The Hall–Kier alpha value is -2.94. The Kier molecular flexibility index (Phi) is 6.45. The number of rotatable bonds is 7. The summed E-state index contributed by atoms with van der Waals surface area (Å²) in [6, 6.07) is 10.5. The highest BCUT2D eigenvalue weighted by Gasteiger charge is 2.39. The number of aryl methyl sites for hydroxylation is 1. The molecule has 1 saturated heterocycles. The molecule has 3 amide bonds. The lowest BCUT2D eigenvalue weighted by atomic mass is 10.0. The molecule has 2 aliphatic heterocycles. The molecule has 0 radical (unpaired) electrons. The number of hydrogen-bond acceptors (Lipinski definition) is 6. The first-order chi connectivity index (χ1) is 15.3. The number of halogens is 1. The summed E-state index contributed by atoms with van der Waals surface area (Å²) in [5.74, 6) is -0.938. The van der Waals surface area contributed by atoms with Crippen LogP contribution >= 0.6 is 11.6 Å². The van der Waals surface area contributed by atoms with E-state index in [1.165, 1.54) is 4.90 Å². The Balaban J connectivity index is 1.32. The molecule has 2 unspecified atom stereocenters. The van der Waals surface area contributed by atoms with E-state index in [2.05, 4.69) is 16.0 Å². The van der Waals surface area contributed by atoms with Gasteiger partial charge in [-0.05, 0) is 48.2 Å². The first kappa shape index (κ1) is 22.3. The molecule has 168 valence electrons. The molecule has 2 atom stereocenters. The van der Waals surface area contributed by atoms with E-state index < -0.39 is 18.2 Å². The zero-order valence-corrected chi connectivity index (χ0v) is 18.4. The average molecular weight is 457 g/mol. The average Bonchev–Trinajstić information content (AvgIpc) is 3.09. The normalized spacial score (nSPS) is 19.0. The Morgan fingerprint density at radius 3 is 2.78 bits per heavy atom. The van der Waals surface area contributed by atoms with Gasteiger partial charge in [-0.15, -0.1) is 0 Å². The maximum absolute atomic E-state index is 12.9. The van der Waals surface area contributed by atoms with E-state index in [4.69, 9.17) is 11.6 Å². The molecule has 0 aliphatic carbocycles. The quantitative estimate of drug-likeness (QED) is 0.374. The number of amides is 3. The molecular weight excluding hydrogens is 432 g/mol. The van der Waals surface area contributed by atoms with Gasteiger partial charge in [0.1, 0.15) is 12.3 Å². The summed E-state index contributed by atoms with van der Waals surface area (Å²) < 4.78 is 0. The zero-order chi connectivity index (χ0) is 22.8. The molecule has 2 aromatic rings. The van der Waals surface area contributed by atoms with Gasteiger partial charge in [0.05, 0.1) is 6.54 Å². The molecule has 2 heterocycles. The number of piperidine rings is 1. The molecule has 9 heteroatoms. The Bertz CT molecular complexity index is 1070. The van der Waals surface area contributed by atoms with Crippen molar-refractivity contribution in [1.82, 2.24) is 15.5 Å². The first-order valence-electron chi connectivity index (χ1n) is 10.5. The number of imide groups is 1. The van der Waals surface area contributed by atoms with Gasteiger partial charge in [0.15, 0.2) is 0 Å². The minimum absolute atomic E-state index is 0.213. The number of fused-ring (bicyclic) bond motifs is 1. The molecule has 0 bridgehead atoms. The number of benzene rings is 2. The van der Waals surface area contributed by atoms with E-state index in [1.54, 1.807) is 6.07 Å². The summed E-state index contributed by atoms with van der Waals surface area (Å²) in [6.07, 6.45) is -0.240. The molecule has 0 aromatic heterocycles. The van der Waals surface area contributed by atoms with Gasteiger partial charge in [-0.1, -0.05) is 29.8 Å². The maximum atomic E-state index is 12.9. The molecule has 1 fully saturated rings. The Labute approximate surface area is 190 Å². The lowest BCUT2D eigenvalue weighted by molar-refractivity contribution is -0.136. The van der Waals surface area contributed by atoms with Crippen molar-refractivity contribution in [3.63, 3.8) is 0 Å². The maximum Gasteiger partial charge on any atom is 0.255 e. The van der Waals surface area contributed by atoms with Crippen LogP contribution in [0.5, 0.6) is 0 Å². The minimum Gasteiger partial charge on any atom is -0.381 e. The van der Waals surface area contributed by atoms with Crippen molar-refractivity contribution in [1.29, 1.82) is 0 Å². The highest BCUT2D eigenvalue weighted by atomic mass is 35.5. The SMILES string of the molecule is Cc1ccc(NCC(O)NCc2ccc3c(c2)C(=O)N(C2CCC(=O)NC2=O)C3)cc1Cl. The van der Waals surface area contributed by atoms with Crippen molar-refractivity contribution in [2.45, 2.75) is 45.1 Å². The van der Waals surface area contributed by atoms with Crippen molar-refractivity contribution in [3.05, 3.63) is 63.7 Å². The summed E-state index contributed by atoms with van der Waals surface area (Å²) in [4.78, 5) is 38.0. The van der Waals surface area contributed by atoms with Gasteiger partial charge < -0.3 is 15.3 Å². The monoisotopic (exact) mass is 456 g/mol. The van der Waals surface area contributed by atoms with Crippen LogP contribution in [-0.4, -0.2) is 46.5 Å². The van der Waals surface area contributed by atoms with Crippen LogP contribution in [0, 0.1) is 6.92 Å². The van der Waals surface area contributed by atoms with Gasteiger partial charge in [-0.3, -0.25) is 25.0 Å². The van der Waals surface area contributed by atoms with Crippen LogP contribution in [0.25, 0.3) is 0 Å². The van der Waals surface area contributed by atoms with Gasteiger partial charge in [0.2, 0.25) is 11.8 Å². The fraction of sp³-hybridized carbons (Fsp3) is 0.348. The number of hydrogen-bond donors (Lipinski definition) is 4. The number of nitrogens with one attached hydrogen (secondary N) is 3. The molecule has 0 saturated carbocycles. The largest absolute Gasteiger partial charge is 0.381 e. The van der Waals surface area contributed by atoms with E-state index in [0.29, 0.717) is 30.1 Å². The summed E-state index contributed by atoms with van der Waals surface area (Å²) in [6.45, 7) is 2.93. The molecule has 4 rings (SSSR count). The molecule has 32 heavy (non-hydrogen) atoms. The molecule has 0 spiro atoms. The van der Waals surface area contributed by atoms with Gasteiger partial charge in [-0.25, -0.2) is 0 Å². The van der Waals surface area contributed by atoms with Gasteiger partial charge in [0.25, 0.3) is 5.91 Å². The third kappa shape index (κ3) is 4.77. The van der Waals surface area contributed by atoms with Crippen molar-refractivity contribution in [3.8, 4) is 0 Å². The van der Waals surface area contributed by atoms with Crippen LogP contribution in [-0.2, 0) is 22.7 Å². The van der Waals surface area contributed by atoms with E-state index in [-0.39, 0.29) is 24.8 Å². The molecule has 2 aromatic carbocycles. The first-order valence-corrected chi connectivity index (χ1v) is 10.9. The molecule has 2 aliphatic rings. The van der Waals surface area contributed by atoms with Crippen molar-refractivity contribution < 1.29 is 19.5 Å². The van der Waals surface area contributed by atoms with Crippen molar-refractivity contribution in [2.75, 3.05) is 11.9 Å². The second-order valence-electron chi connectivity index (χ2n) is 8.13. The van der Waals surface area contributed by atoms with Crippen LogP contribution in [0.4, 0.5) is 5.69 Å². The molecule has 4 N–H and O–H groups in total. The number of aliphatic hydroxyl groups is 1. The minimum atomic E-state index is -0.806. The summed E-state index contributed by atoms with van der Waals surface area (Å²) in [5.41, 5.74) is 4.05. The van der Waals surface area contributed by atoms with Crippen LogP contribution < -0.4 is 16.0 Å². The fourth-order valence-corrected chi connectivity index (χ4v) is 4.12. The van der Waals surface area contributed by atoms with Gasteiger partial charge >= 0.3 is 0 Å². The predicted octanol–water partition coefficient (Wildman–Crippen LogP) is 1.93. The number of anilines is 1. The zero-order valence-electron chi connectivity index (χ0n) is 17.7. The Morgan fingerprint density at radius 1 is 1.22 bits per heavy atom. The van der Waals surface area contributed by atoms with E-state index in [0.717, 1.165) is 22.4 Å². The summed E-state index contributed by atoms with van der Waals surface area (Å²) >= 11 is 6.12. The third-order valence-electron chi connectivity index (χ3n) is 5.81. The van der Waals surface area contributed by atoms with Gasteiger partial charge in [0, 0.05) is 35.8 Å². The predicted molar refractivity (Wildman–Crippen MR) is 120 cm³/mol. The van der Waals surface area contributed by atoms with Gasteiger partial charge in [-0.2, -0.15) is 0 Å². The van der Waals surface area contributed by atoms with Crippen LogP contribution in [0.2, 0.25) is 5.02 Å². The van der Waals surface area contributed by atoms with Crippen LogP contribution in [0.1, 0.15) is 39.9 Å². The third-order valence-corrected chi connectivity index (χ3v) is 6.21. The molecular formula is C23H25ClN4O4. The van der Waals surface area contributed by atoms with E-state index in [9.17, 15) is 19.5 Å². The van der Waals surface area contributed by atoms with Crippen LogP contribution in [0.15, 0.2) is 36.4 Å². The highest BCUT2D eigenvalue weighted by molar-refractivity contribution is 6.31. The van der Waals surface area contributed by atoms with E-state index in [1.807, 2.05) is 37.3 Å². The van der Waals surface area contributed by atoms with Crippen LogP contribution in [0.3, 0.4) is 0 Å². The van der Waals surface area contributed by atoms with Crippen molar-refractivity contribution >= 4 is 35.0 Å². The number of carbonyl (C=O) groups excluding carboxylic acids is 3. The lowest BCUT2D eigenvalue weighted by Crippen LogP contribution is -2.52. The smallest absolute Gasteiger partial charge is 0.255 e. The number of nitrogens with zero attached hydrogens (tertiary/aromatic N) is 1. The summed E-state index contributed by atoms with van der Waals surface area (Å²) in [7, 11) is 0. The Morgan fingerprint density at radius 2 is 2.03 bits per heavy atom. The van der Waals surface area contributed by atoms with E-state index >= 15 is 0 Å². The topological polar surface area (TPSA) is 111 Å². The highest BCUT2D eigenvalue weighted by Crippen LogP contribution is 2.28. The standard InChI is InChI=1S/C23H25ClN4O4/c1-13-2-5-16(9-18(13)24)25-11-21(30)26-10-14-3-4-15-12-28(23(32)17(15)8-14)19-6-7-20(29)27-22(19)31/h2-5,8-9,19,21,25-26,30H,6-7,10-12H2,1H3,(H,27,29,31). The lowest BCUT2D eigenvalue weighted by Gasteiger charge is -2.29. The second kappa shape index (κ2) is 9.28. The summed E-state index contributed by atoms with van der Waals surface area (Å²) in [5, 5.41) is 19.4.